The van der Waals surface area contributed by atoms with E-state index in [1.54, 1.807) is 0 Å². The Hall–Kier alpha value is -1.14. The van der Waals surface area contributed by atoms with Crippen LogP contribution in [0.4, 0.5) is 0 Å². The van der Waals surface area contributed by atoms with Crippen molar-refractivity contribution in [1.29, 1.82) is 0 Å². The Kier molecular flexibility index (Phi) is 5.55. The van der Waals surface area contributed by atoms with Crippen molar-refractivity contribution in [2.45, 2.75) is 25.8 Å². The van der Waals surface area contributed by atoms with Gasteiger partial charge in [0.25, 0.3) is 0 Å². The number of rotatable bonds is 5. The number of ether oxygens (including phenoxy) is 1. The first-order chi connectivity index (χ1) is 8.48. The van der Waals surface area contributed by atoms with Gasteiger partial charge in [0.2, 0.25) is 5.91 Å². The highest BCUT2D eigenvalue weighted by Crippen LogP contribution is 2.15. The molecular weight excluding hydrogens is 234 g/mol. The van der Waals surface area contributed by atoms with Crippen molar-refractivity contribution >= 4 is 11.9 Å². The van der Waals surface area contributed by atoms with Gasteiger partial charge in [0.15, 0.2) is 0 Å². The van der Waals surface area contributed by atoms with E-state index in [1.165, 1.54) is 7.11 Å². The molecule has 1 aliphatic rings. The molecule has 1 aliphatic heterocycles. The van der Waals surface area contributed by atoms with Crippen LogP contribution in [0.2, 0.25) is 0 Å². The fourth-order valence-corrected chi connectivity index (χ4v) is 1.96. The van der Waals surface area contributed by atoms with Crippen LogP contribution < -0.4 is 10.6 Å². The Labute approximate surface area is 108 Å². The number of amides is 1. The summed E-state index contributed by atoms with van der Waals surface area (Å²) in [5.41, 5.74) is -0.543. The van der Waals surface area contributed by atoms with Crippen LogP contribution in [0.3, 0.4) is 0 Å². The third kappa shape index (κ3) is 3.96. The standard InChI is InChI=1S/C12H23N3O3/c1-12(2,15-8-6-13-7-9-15)11(17)14-5-4-10(16)18-3/h13H,4-9H2,1-3H3,(H,14,17). The minimum absolute atomic E-state index is 0.0479. The molecule has 0 bridgehead atoms. The largest absolute Gasteiger partial charge is 0.469 e. The second-order valence-corrected chi connectivity index (χ2v) is 4.88. The van der Waals surface area contributed by atoms with Gasteiger partial charge in [0.05, 0.1) is 19.1 Å². The molecule has 0 aromatic heterocycles. The van der Waals surface area contributed by atoms with Crippen LogP contribution in [-0.2, 0) is 14.3 Å². The van der Waals surface area contributed by atoms with Gasteiger partial charge in [-0.3, -0.25) is 14.5 Å². The van der Waals surface area contributed by atoms with Gasteiger partial charge in [-0.1, -0.05) is 0 Å². The fraction of sp³-hybridized carbons (Fsp3) is 0.833. The van der Waals surface area contributed by atoms with Crippen LogP contribution in [0.1, 0.15) is 20.3 Å². The number of piperazine rings is 1. The van der Waals surface area contributed by atoms with E-state index < -0.39 is 5.54 Å². The second-order valence-electron chi connectivity index (χ2n) is 4.88. The molecule has 0 unspecified atom stereocenters. The zero-order valence-corrected chi connectivity index (χ0v) is 11.4. The molecular formula is C12H23N3O3. The summed E-state index contributed by atoms with van der Waals surface area (Å²) in [6.07, 6.45) is 0.208. The van der Waals surface area contributed by atoms with Crippen molar-refractivity contribution in [3.05, 3.63) is 0 Å². The molecule has 0 aromatic rings. The number of carbonyl (C=O) groups excluding carboxylic acids is 2. The molecule has 104 valence electrons. The molecule has 1 saturated heterocycles. The fourth-order valence-electron chi connectivity index (χ4n) is 1.96. The molecule has 6 heteroatoms. The van der Waals surface area contributed by atoms with Crippen LogP contribution in [0.15, 0.2) is 0 Å². The molecule has 0 spiro atoms. The van der Waals surface area contributed by atoms with Crippen molar-refractivity contribution in [3.8, 4) is 0 Å². The van der Waals surface area contributed by atoms with Crippen LogP contribution in [0.5, 0.6) is 0 Å². The predicted octanol–water partition coefficient (Wildman–Crippen LogP) is -0.650. The molecule has 0 atom stereocenters. The first-order valence-corrected chi connectivity index (χ1v) is 6.29. The lowest BCUT2D eigenvalue weighted by atomic mass is 10.0. The van der Waals surface area contributed by atoms with Crippen molar-refractivity contribution in [1.82, 2.24) is 15.5 Å². The Morgan fingerprint density at radius 1 is 1.33 bits per heavy atom. The number of hydrogen-bond acceptors (Lipinski definition) is 5. The molecule has 0 aromatic carbocycles. The van der Waals surface area contributed by atoms with E-state index in [0.29, 0.717) is 6.54 Å². The van der Waals surface area contributed by atoms with Gasteiger partial charge in [-0.25, -0.2) is 0 Å². The average molecular weight is 257 g/mol. The number of nitrogens with one attached hydrogen (secondary N) is 2. The smallest absolute Gasteiger partial charge is 0.307 e. The molecule has 0 saturated carbocycles. The van der Waals surface area contributed by atoms with E-state index in [1.807, 2.05) is 13.8 Å². The minimum Gasteiger partial charge on any atom is -0.469 e. The number of carbonyl (C=O) groups is 2. The summed E-state index contributed by atoms with van der Waals surface area (Å²) in [4.78, 5) is 25.2. The van der Waals surface area contributed by atoms with Crippen molar-refractivity contribution in [2.24, 2.45) is 0 Å². The maximum Gasteiger partial charge on any atom is 0.307 e. The van der Waals surface area contributed by atoms with Crippen molar-refractivity contribution in [2.75, 3.05) is 39.8 Å². The van der Waals surface area contributed by atoms with Crippen molar-refractivity contribution in [3.63, 3.8) is 0 Å². The molecule has 18 heavy (non-hydrogen) atoms. The number of methoxy groups -OCH3 is 1. The van der Waals surface area contributed by atoms with Gasteiger partial charge in [0.1, 0.15) is 0 Å². The number of nitrogens with zero attached hydrogens (tertiary/aromatic N) is 1. The summed E-state index contributed by atoms with van der Waals surface area (Å²) in [5.74, 6) is -0.358. The van der Waals surface area contributed by atoms with E-state index in [2.05, 4.69) is 20.3 Å². The van der Waals surface area contributed by atoms with E-state index in [-0.39, 0.29) is 18.3 Å². The van der Waals surface area contributed by atoms with Crippen LogP contribution >= 0.6 is 0 Å². The molecule has 0 radical (unpaired) electrons. The second kappa shape index (κ2) is 6.70. The van der Waals surface area contributed by atoms with Gasteiger partial charge < -0.3 is 15.4 Å². The zero-order valence-electron chi connectivity index (χ0n) is 11.4. The lowest BCUT2D eigenvalue weighted by Gasteiger charge is -2.39. The van der Waals surface area contributed by atoms with E-state index >= 15 is 0 Å². The predicted molar refractivity (Wildman–Crippen MR) is 68.2 cm³/mol. The third-order valence-corrected chi connectivity index (χ3v) is 3.31. The van der Waals surface area contributed by atoms with Crippen LogP contribution in [0.25, 0.3) is 0 Å². The summed E-state index contributed by atoms with van der Waals surface area (Å²) in [6.45, 7) is 7.66. The SMILES string of the molecule is COC(=O)CCNC(=O)C(C)(C)N1CCNCC1. The number of hydrogen-bond donors (Lipinski definition) is 2. The quantitative estimate of drug-likeness (QED) is 0.640. The van der Waals surface area contributed by atoms with Gasteiger partial charge in [0, 0.05) is 32.7 Å². The highest BCUT2D eigenvalue weighted by Gasteiger charge is 2.34. The van der Waals surface area contributed by atoms with Crippen LogP contribution in [0, 0.1) is 0 Å². The summed E-state index contributed by atoms with van der Waals surface area (Å²) in [6, 6.07) is 0. The van der Waals surface area contributed by atoms with E-state index in [9.17, 15) is 9.59 Å². The minimum atomic E-state index is -0.543. The molecule has 1 amide bonds. The topological polar surface area (TPSA) is 70.7 Å². The van der Waals surface area contributed by atoms with E-state index in [4.69, 9.17) is 0 Å². The lowest BCUT2D eigenvalue weighted by Crippen LogP contribution is -2.60. The highest BCUT2D eigenvalue weighted by molar-refractivity contribution is 5.85. The molecule has 2 N–H and O–H groups in total. The van der Waals surface area contributed by atoms with Gasteiger partial charge in [-0.05, 0) is 13.8 Å². The molecule has 0 aliphatic carbocycles. The first kappa shape index (κ1) is 14.9. The summed E-state index contributed by atoms with van der Waals surface area (Å²) >= 11 is 0. The molecule has 1 rings (SSSR count). The van der Waals surface area contributed by atoms with Gasteiger partial charge in [-0.15, -0.1) is 0 Å². The molecule has 1 heterocycles. The summed E-state index contributed by atoms with van der Waals surface area (Å²) in [7, 11) is 1.34. The Balaban J connectivity index is 2.40. The first-order valence-electron chi connectivity index (χ1n) is 6.29. The lowest BCUT2D eigenvalue weighted by molar-refractivity contribution is -0.140. The molecule has 6 nitrogen and oxygen atoms in total. The van der Waals surface area contributed by atoms with Crippen molar-refractivity contribution < 1.29 is 14.3 Å². The Bertz CT molecular complexity index is 299. The molecule has 1 fully saturated rings. The van der Waals surface area contributed by atoms with Gasteiger partial charge >= 0.3 is 5.97 Å². The number of esters is 1. The highest BCUT2D eigenvalue weighted by atomic mass is 16.5. The summed E-state index contributed by atoms with van der Waals surface area (Å²) < 4.78 is 4.53. The monoisotopic (exact) mass is 257 g/mol. The zero-order chi connectivity index (χ0) is 13.6. The normalized spacial score (nSPS) is 17.3. The maximum atomic E-state index is 12.1. The summed E-state index contributed by atoms with van der Waals surface area (Å²) in [5, 5.41) is 6.04. The van der Waals surface area contributed by atoms with Crippen LogP contribution in [-0.4, -0.2) is 62.1 Å². The Morgan fingerprint density at radius 3 is 2.50 bits per heavy atom. The van der Waals surface area contributed by atoms with Gasteiger partial charge in [-0.2, -0.15) is 0 Å². The Morgan fingerprint density at radius 2 is 1.94 bits per heavy atom. The van der Waals surface area contributed by atoms with E-state index in [0.717, 1.165) is 26.2 Å². The average Bonchev–Trinajstić information content (AvgIpc) is 2.39. The maximum absolute atomic E-state index is 12.1. The third-order valence-electron chi connectivity index (χ3n) is 3.31.